The fourth-order valence-electron chi connectivity index (χ4n) is 2.28. The molecule has 108 valence electrons. The molecule has 1 aliphatic rings. The van der Waals surface area contributed by atoms with Crippen LogP contribution in [-0.2, 0) is 21.5 Å². The van der Waals surface area contributed by atoms with Crippen molar-refractivity contribution < 1.29 is 17.6 Å². The Morgan fingerprint density at radius 2 is 2.42 bits per heavy atom. The second-order valence-corrected chi connectivity index (χ2v) is 6.53. The highest BCUT2D eigenvalue weighted by Gasteiger charge is 2.28. The standard InChI is InChI=1S/C12H20N2O4S/c1-17-9-12-3-2-5-14(8-12)19(15,16)13-7-11-4-6-18-10-11/h4,6,10,12-13H,2-3,5,7-9H2,1H3. The summed E-state index contributed by atoms with van der Waals surface area (Å²) in [5, 5.41) is 0. The lowest BCUT2D eigenvalue weighted by atomic mass is 10.0. The lowest BCUT2D eigenvalue weighted by Crippen LogP contribution is -2.46. The van der Waals surface area contributed by atoms with E-state index in [-0.39, 0.29) is 12.5 Å². The SMILES string of the molecule is COCC1CCCN(S(=O)(=O)NCc2ccoc2)C1. The maximum Gasteiger partial charge on any atom is 0.279 e. The highest BCUT2D eigenvalue weighted by atomic mass is 32.2. The summed E-state index contributed by atoms with van der Waals surface area (Å²) in [4.78, 5) is 0. The van der Waals surface area contributed by atoms with Gasteiger partial charge in [-0.3, -0.25) is 0 Å². The van der Waals surface area contributed by atoms with Crippen molar-refractivity contribution in [2.45, 2.75) is 19.4 Å². The number of rotatable bonds is 6. The van der Waals surface area contributed by atoms with Gasteiger partial charge in [-0.05, 0) is 24.8 Å². The molecule has 0 radical (unpaired) electrons. The van der Waals surface area contributed by atoms with Gasteiger partial charge in [0.05, 0.1) is 19.1 Å². The van der Waals surface area contributed by atoms with Gasteiger partial charge in [-0.2, -0.15) is 17.4 Å². The Hall–Kier alpha value is -0.890. The van der Waals surface area contributed by atoms with E-state index < -0.39 is 10.2 Å². The molecule has 0 bridgehead atoms. The van der Waals surface area contributed by atoms with Gasteiger partial charge in [-0.1, -0.05) is 0 Å². The van der Waals surface area contributed by atoms with Crippen LogP contribution in [0.15, 0.2) is 23.0 Å². The van der Waals surface area contributed by atoms with Gasteiger partial charge in [0.25, 0.3) is 10.2 Å². The fourth-order valence-corrected chi connectivity index (χ4v) is 3.58. The summed E-state index contributed by atoms with van der Waals surface area (Å²) < 4.78 is 38.5. The van der Waals surface area contributed by atoms with E-state index in [0.29, 0.717) is 19.7 Å². The second kappa shape index (κ2) is 6.51. The quantitative estimate of drug-likeness (QED) is 0.846. The third-order valence-electron chi connectivity index (χ3n) is 3.26. The highest BCUT2D eigenvalue weighted by Crippen LogP contribution is 2.18. The Morgan fingerprint density at radius 1 is 1.58 bits per heavy atom. The molecule has 6 nitrogen and oxygen atoms in total. The highest BCUT2D eigenvalue weighted by molar-refractivity contribution is 7.87. The first-order chi connectivity index (χ1) is 9.12. The number of piperidine rings is 1. The number of methoxy groups -OCH3 is 1. The van der Waals surface area contributed by atoms with Crippen LogP contribution in [0, 0.1) is 5.92 Å². The van der Waals surface area contributed by atoms with Crippen LogP contribution in [0.2, 0.25) is 0 Å². The van der Waals surface area contributed by atoms with Gasteiger partial charge in [0.1, 0.15) is 0 Å². The van der Waals surface area contributed by atoms with Crippen molar-refractivity contribution in [1.82, 2.24) is 9.03 Å². The van der Waals surface area contributed by atoms with Gasteiger partial charge in [0.15, 0.2) is 0 Å². The predicted octanol–water partition coefficient (Wildman–Crippen LogP) is 0.972. The third kappa shape index (κ3) is 4.04. The summed E-state index contributed by atoms with van der Waals surface area (Å²) in [5.41, 5.74) is 0.814. The zero-order chi connectivity index (χ0) is 13.7. The topological polar surface area (TPSA) is 71.8 Å². The zero-order valence-electron chi connectivity index (χ0n) is 11.0. The molecule has 1 aliphatic heterocycles. The Labute approximate surface area is 113 Å². The monoisotopic (exact) mass is 288 g/mol. The number of nitrogens with zero attached hydrogens (tertiary/aromatic N) is 1. The molecule has 1 aromatic heterocycles. The van der Waals surface area contributed by atoms with Crippen molar-refractivity contribution in [3.63, 3.8) is 0 Å². The summed E-state index contributed by atoms with van der Waals surface area (Å²) in [6.45, 7) is 1.95. The van der Waals surface area contributed by atoms with Crippen molar-refractivity contribution in [1.29, 1.82) is 0 Å². The summed E-state index contributed by atoms with van der Waals surface area (Å²) in [6, 6.07) is 1.74. The second-order valence-electron chi connectivity index (χ2n) is 4.78. The van der Waals surface area contributed by atoms with Crippen molar-refractivity contribution in [2.24, 2.45) is 5.92 Å². The van der Waals surface area contributed by atoms with E-state index in [0.717, 1.165) is 18.4 Å². The van der Waals surface area contributed by atoms with Crippen molar-refractivity contribution >= 4 is 10.2 Å². The molecule has 0 saturated carbocycles. The van der Waals surface area contributed by atoms with Crippen LogP contribution >= 0.6 is 0 Å². The lowest BCUT2D eigenvalue weighted by molar-refractivity contribution is 0.118. The minimum Gasteiger partial charge on any atom is -0.472 e. The van der Waals surface area contributed by atoms with Crippen LogP contribution in [0.1, 0.15) is 18.4 Å². The summed E-state index contributed by atoms with van der Waals surface area (Å²) >= 11 is 0. The van der Waals surface area contributed by atoms with Gasteiger partial charge in [0.2, 0.25) is 0 Å². The number of furan rings is 1. The van der Waals surface area contributed by atoms with E-state index in [4.69, 9.17) is 9.15 Å². The van der Waals surface area contributed by atoms with Crippen molar-refractivity contribution in [3.05, 3.63) is 24.2 Å². The van der Waals surface area contributed by atoms with E-state index in [2.05, 4.69) is 4.72 Å². The largest absolute Gasteiger partial charge is 0.472 e. The summed E-state index contributed by atoms with van der Waals surface area (Å²) in [5.74, 6) is 0.282. The number of ether oxygens (including phenoxy) is 1. The van der Waals surface area contributed by atoms with Gasteiger partial charge < -0.3 is 9.15 Å². The Bertz CT molecular complexity index is 470. The first kappa shape index (κ1) is 14.5. The molecule has 0 aromatic carbocycles. The molecule has 1 saturated heterocycles. The van der Waals surface area contributed by atoms with Crippen LogP contribution < -0.4 is 4.72 Å². The van der Waals surface area contributed by atoms with Gasteiger partial charge >= 0.3 is 0 Å². The first-order valence-corrected chi connectivity index (χ1v) is 7.80. The molecule has 2 heterocycles. The van der Waals surface area contributed by atoms with E-state index in [9.17, 15) is 8.42 Å². The lowest BCUT2D eigenvalue weighted by Gasteiger charge is -2.31. The Kier molecular flexibility index (Phi) is 4.98. The molecule has 1 unspecified atom stereocenters. The summed E-state index contributed by atoms with van der Waals surface area (Å²) in [6.07, 6.45) is 4.95. The molecular weight excluding hydrogens is 268 g/mol. The fraction of sp³-hybridized carbons (Fsp3) is 0.667. The molecule has 7 heteroatoms. The molecule has 19 heavy (non-hydrogen) atoms. The average Bonchev–Trinajstić information content (AvgIpc) is 2.90. The number of hydrogen-bond acceptors (Lipinski definition) is 4. The molecule has 1 atom stereocenters. The maximum absolute atomic E-state index is 12.2. The minimum absolute atomic E-state index is 0.254. The number of nitrogens with one attached hydrogen (secondary N) is 1. The Morgan fingerprint density at radius 3 is 3.11 bits per heavy atom. The maximum atomic E-state index is 12.2. The van der Waals surface area contributed by atoms with Crippen LogP contribution in [0.5, 0.6) is 0 Å². The molecular formula is C12H20N2O4S. The molecule has 1 fully saturated rings. The minimum atomic E-state index is -3.42. The number of hydrogen-bond donors (Lipinski definition) is 1. The van der Waals surface area contributed by atoms with E-state index in [1.165, 1.54) is 16.8 Å². The predicted molar refractivity (Wildman–Crippen MR) is 70.6 cm³/mol. The van der Waals surface area contributed by atoms with Crippen LogP contribution in [0.4, 0.5) is 0 Å². The molecule has 0 spiro atoms. The summed E-state index contributed by atoms with van der Waals surface area (Å²) in [7, 11) is -1.78. The van der Waals surface area contributed by atoms with E-state index >= 15 is 0 Å². The van der Waals surface area contributed by atoms with Crippen LogP contribution in [0.25, 0.3) is 0 Å². The van der Waals surface area contributed by atoms with Gasteiger partial charge in [0, 0.05) is 32.3 Å². The van der Waals surface area contributed by atoms with Gasteiger partial charge in [-0.15, -0.1) is 0 Å². The van der Waals surface area contributed by atoms with Crippen LogP contribution in [0.3, 0.4) is 0 Å². The molecule has 0 aliphatic carbocycles. The van der Waals surface area contributed by atoms with Crippen molar-refractivity contribution in [2.75, 3.05) is 26.8 Å². The zero-order valence-corrected chi connectivity index (χ0v) is 11.9. The van der Waals surface area contributed by atoms with E-state index in [1.54, 1.807) is 13.2 Å². The smallest absolute Gasteiger partial charge is 0.279 e. The third-order valence-corrected chi connectivity index (χ3v) is 4.78. The normalized spacial score (nSPS) is 21.6. The molecule has 0 amide bonds. The molecule has 2 rings (SSSR count). The van der Waals surface area contributed by atoms with E-state index in [1.807, 2.05) is 0 Å². The molecule has 1 aromatic rings. The Balaban J connectivity index is 1.91. The first-order valence-electron chi connectivity index (χ1n) is 6.36. The van der Waals surface area contributed by atoms with Gasteiger partial charge in [-0.25, -0.2) is 0 Å². The van der Waals surface area contributed by atoms with Crippen molar-refractivity contribution in [3.8, 4) is 0 Å². The molecule has 1 N–H and O–H groups in total. The van der Waals surface area contributed by atoms with Crippen LogP contribution in [-0.4, -0.2) is 39.5 Å². The average molecular weight is 288 g/mol.